The Balaban J connectivity index is 1.05. The molecule has 6 aromatic rings. The molecule has 1 aliphatic heterocycles. The van der Waals surface area contributed by atoms with Gasteiger partial charge in [-0.3, -0.25) is 0 Å². The third-order valence-electron chi connectivity index (χ3n) is 8.77. The van der Waals surface area contributed by atoms with E-state index < -0.39 is 35.4 Å². The lowest BCUT2D eigenvalue weighted by atomic mass is 10.0. The normalized spacial score (nSPS) is 16.6. The largest absolute Gasteiger partial charge is 0.461 e. The molecule has 1 fully saturated rings. The summed E-state index contributed by atoms with van der Waals surface area (Å²) in [4.78, 5) is 39.9. The molecule has 0 aromatic heterocycles. The van der Waals surface area contributed by atoms with Crippen LogP contribution in [0.3, 0.4) is 0 Å². The minimum absolute atomic E-state index is 0.0331. The molecule has 0 bridgehead atoms. The summed E-state index contributed by atoms with van der Waals surface area (Å²) >= 11 is 1.44. The van der Waals surface area contributed by atoms with Crippen molar-refractivity contribution in [3.8, 4) is 33.4 Å². The van der Waals surface area contributed by atoms with Crippen LogP contribution in [0, 0.1) is 0 Å². The maximum atomic E-state index is 13.5. The molecule has 0 radical (unpaired) electrons. The highest BCUT2D eigenvalue weighted by atomic mass is 32.2. The molecular formula is C44H34O6S. The predicted molar refractivity (Wildman–Crippen MR) is 201 cm³/mol. The Bertz CT molecular complexity index is 2080. The Kier molecular flexibility index (Phi) is 10.4. The Labute approximate surface area is 301 Å². The van der Waals surface area contributed by atoms with Crippen LogP contribution in [0.5, 0.6) is 0 Å². The van der Waals surface area contributed by atoms with Gasteiger partial charge in [-0.15, -0.1) is 11.8 Å². The first kappa shape index (κ1) is 33.6. The van der Waals surface area contributed by atoms with Crippen LogP contribution in [0.2, 0.25) is 0 Å². The molecule has 0 spiro atoms. The summed E-state index contributed by atoms with van der Waals surface area (Å²) in [6.07, 6.45) is -1.60. The molecular weight excluding hydrogens is 657 g/mol. The monoisotopic (exact) mass is 690 g/mol. The molecule has 51 heavy (non-hydrogen) atoms. The van der Waals surface area contributed by atoms with E-state index >= 15 is 0 Å². The molecule has 1 heterocycles. The second kappa shape index (κ2) is 15.7. The second-order valence-corrected chi connectivity index (χ2v) is 13.4. The Morgan fingerprint density at radius 1 is 0.451 bits per heavy atom. The lowest BCUT2D eigenvalue weighted by Gasteiger charge is -2.24. The Morgan fingerprint density at radius 2 is 0.804 bits per heavy atom. The van der Waals surface area contributed by atoms with Crippen LogP contribution >= 0.6 is 11.8 Å². The van der Waals surface area contributed by atoms with E-state index in [0.717, 1.165) is 33.4 Å². The smallest absolute Gasteiger partial charge is 0.338 e. The van der Waals surface area contributed by atoms with Gasteiger partial charge in [0.1, 0.15) is 12.7 Å². The van der Waals surface area contributed by atoms with Crippen molar-refractivity contribution in [2.45, 2.75) is 17.5 Å². The van der Waals surface area contributed by atoms with Gasteiger partial charge < -0.3 is 14.2 Å². The predicted octanol–water partition coefficient (Wildman–Crippen LogP) is 9.41. The number of ether oxygens (including phenoxy) is 3. The van der Waals surface area contributed by atoms with E-state index in [4.69, 9.17) is 14.2 Å². The lowest BCUT2D eigenvalue weighted by Crippen LogP contribution is -2.39. The lowest BCUT2D eigenvalue weighted by molar-refractivity contribution is -0.0295. The minimum Gasteiger partial charge on any atom is -0.461 e. The van der Waals surface area contributed by atoms with Gasteiger partial charge in [0.15, 0.2) is 6.10 Å². The number of esters is 3. The first-order valence-electron chi connectivity index (χ1n) is 16.7. The summed E-state index contributed by atoms with van der Waals surface area (Å²) in [5, 5.41) is -0.455. The highest BCUT2D eigenvalue weighted by Crippen LogP contribution is 2.34. The molecule has 0 N–H and O–H groups in total. The van der Waals surface area contributed by atoms with Gasteiger partial charge in [-0.05, 0) is 69.8 Å². The molecule has 0 aliphatic carbocycles. The standard InChI is InChI=1S/C44H34O6S/c45-42(36-22-16-33(17-23-36)30-10-4-1-5-11-30)48-28-40-41(50-44(47)38-26-20-35(21-27-38)32-14-8-3-9-15-32)39(29-51-40)49-43(46)37-24-18-34(19-25-37)31-12-6-2-7-13-31/h1-27,39-41H,28-29H2/t39-,40-,41-/m1/s1. The van der Waals surface area contributed by atoms with Gasteiger partial charge in [-0.25, -0.2) is 14.4 Å². The molecule has 0 amide bonds. The number of carbonyl (C=O) groups is 3. The van der Waals surface area contributed by atoms with Crippen molar-refractivity contribution in [2.75, 3.05) is 12.4 Å². The third kappa shape index (κ3) is 8.11. The van der Waals surface area contributed by atoms with Crippen molar-refractivity contribution < 1.29 is 28.6 Å². The molecule has 1 aliphatic rings. The average Bonchev–Trinajstić information content (AvgIpc) is 3.57. The van der Waals surface area contributed by atoms with Crippen LogP contribution in [0.25, 0.3) is 33.4 Å². The fourth-order valence-corrected chi connectivity index (χ4v) is 7.25. The van der Waals surface area contributed by atoms with Gasteiger partial charge in [0.25, 0.3) is 0 Å². The molecule has 7 heteroatoms. The van der Waals surface area contributed by atoms with Gasteiger partial charge in [0.05, 0.1) is 21.9 Å². The number of rotatable bonds is 10. The maximum Gasteiger partial charge on any atom is 0.338 e. The van der Waals surface area contributed by atoms with E-state index in [2.05, 4.69) is 0 Å². The van der Waals surface area contributed by atoms with Crippen LogP contribution in [0.15, 0.2) is 164 Å². The van der Waals surface area contributed by atoms with Gasteiger partial charge in [0.2, 0.25) is 0 Å². The number of hydrogen-bond acceptors (Lipinski definition) is 7. The maximum absolute atomic E-state index is 13.5. The van der Waals surface area contributed by atoms with E-state index in [9.17, 15) is 14.4 Å². The van der Waals surface area contributed by atoms with Crippen molar-refractivity contribution >= 4 is 29.7 Å². The topological polar surface area (TPSA) is 78.9 Å². The van der Waals surface area contributed by atoms with Crippen LogP contribution in [0.4, 0.5) is 0 Å². The summed E-state index contributed by atoms with van der Waals surface area (Å²) in [6.45, 7) is -0.0331. The highest BCUT2D eigenvalue weighted by molar-refractivity contribution is 8.00. The van der Waals surface area contributed by atoms with E-state index in [1.165, 1.54) is 11.8 Å². The summed E-state index contributed by atoms with van der Waals surface area (Å²) in [6, 6.07) is 51.3. The number of thioether (sulfide) groups is 1. The van der Waals surface area contributed by atoms with Crippen molar-refractivity contribution in [1.82, 2.24) is 0 Å². The zero-order chi connectivity index (χ0) is 35.0. The van der Waals surface area contributed by atoms with E-state index in [1.807, 2.05) is 127 Å². The molecule has 3 atom stereocenters. The number of benzene rings is 6. The molecule has 0 unspecified atom stereocenters. The van der Waals surface area contributed by atoms with Crippen molar-refractivity contribution in [2.24, 2.45) is 0 Å². The summed E-state index contributed by atoms with van der Waals surface area (Å²) < 4.78 is 17.8. The molecule has 6 nitrogen and oxygen atoms in total. The minimum atomic E-state index is -0.850. The highest BCUT2D eigenvalue weighted by Gasteiger charge is 2.43. The van der Waals surface area contributed by atoms with Gasteiger partial charge in [-0.1, -0.05) is 127 Å². The SMILES string of the molecule is O=C(OC[C@H]1SC[C@@H](OC(=O)c2ccc(-c3ccccc3)cc2)[C@H]1OC(=O)c1ccc(-c2ccccc2)cc1)c1ccc(-c2ccccc2)cc1. The van der Waals surface area contributed by atoms with Gasteiger partial charge in [0, 0.05) is 5.75 Å². The van der Waals surface area contributed by atoms with Crippen molar-refractivity contribution in [1.29, 1.82) is 0 Å². The van der Waals surface area contributed by atoms with E-state index in [-0.39, 0.29) is 6.61 Å². The third-order valence-corrected chi connectivity index (χ3v) is 10.1. The van der Waals surface area contributed by atoms with Crippen LogP contribution < -0.4 is 0 Å². The van der Waals surface area contributed by atoms with Crippen molar-refractivity contribution in [3.05, 3.63) is 180 Å². The average molecular weight is 691 g/mol. The van der Waals surface area contributed by atoms with Gasteiger partial charge in [-0.2, -0.15) is 0 Å². The van der Waals surface area contributed by atoms with Crippen molar-refractivity contribution in [3.63, 3.8) is 0 Å². The quantitative estimate of drug-likeness (QED) is 0.105. The molecule has 6 aromatic carbocycles. The summed E-state index contributed by atoms with van der Waals surface area (Å²) in [7, 11) is 0. The van der Waals surface area contributed by atoms with Gasteiger partial charge >= 0.3 is 17.9 Å². The molecule has 0 saturated carbocycles. The zero-order valence-corrected chi connectivity index (χ0v) is 28.4. The fraction of sp³-hybridized carbons (Fsp3) is 0.114. The first-order valence-corrected chi connectivity index (χ1v) is 17.7. The molecule has 252 valence electrons. The van der Waals surface area contributed by atoms with E-state index in [0.29, 0.717) is 22.4 Å². The number of hydrogen-bond donors (Lipinski definition) is 0. The first-order chi connectivity index (χ1) is 25.0. The molecule has 1 saturated heterocycles. The van der Waals surface area contributed by atoms with Crippen LogP contribution in [0.1, 0.15) is 31.1 Å². The number of carbonyl (C=O) groups excluding carboxylic acids is 3. The fourth-order valence-electron chi connectivity index (χ4n) is 5.97. The summed E-state index contributed by atoms with van der Waals surface area (Å²) in [5.74, 6) is -1.20. The summed E-state index contributed by atoms with van der Waals surface area (Å²) in [5.41, 5.74) is 7.21. The van der Waals surface area contributed by atoms with E-state index in [1.54, 1.807) is 36.4 Å². The zero-order valence-electron chi connectivity index (χ0n) is 27.6. The second-order valence-electron chi connectivity index (χ2n) is 12.1. The molecule has 7 rings (SSSR count). The Hall–Kier alpha value is -5.92. The van der Waals surface area contributed by atoms with Crippen LogP contribution in [-0.2, 0) is 14.2 Å². The van der Waals surface area contributed by atoms with Crippen LogP contribution in [-0.4, -0.2) is 47.7 Å². The Morgan fingerprint density at radius 3 is 1.22 bits per heavy atom.